The van der Waals surface area contributed by atoms with Gasteiger partial charge in [-0.25, -0.2) is 9.78 Å². The number of likely N-dealkylation sites (N-methyl/N-ethyl adjacent to an activating group) is 1. The maximum Gasteiger partial charge on any atom is 0.410 e. The molecule has 2 amide bonds. The van der Waals surface area contributed by atoms with E-state index in [1.807, 2.05) is 13.0 Å². The Labute approximate surface area is 132 Å². The highest BCUT2D eigenvalue weighted by atomic mass is 79.9. The topological polar surface area (TPSA) is 71.5 Å². The predicted octanol–water partition coefficient (Wildman–Crippen LogP) is 2.73. The second-order valence-electron chi connectivity index (χ2n) is 4.44. The molecule has 6 nitrogen and oxygen atoms in total. The maximum absolute atomic E-state index is 12.2. The number of hydrogen-bond acceptors (Lipinski definition) is 4. The standard InChI is InChI=1S/C14H18BrN3O3/c1-5-8-21-14(20)18(4)10(3)13(19)17-12-9(2)6-7-11(15)16-12/h5-7,10H,1,8H2,2-4H3,(H,16,17,19)/t10-/m0/s1. The van der Waals surface area contributed by atoms with Crippen LogP contribution < -0.4 is 5.32 Å². The molecule has 1 rings (SSSR count). The van der Waals surface area contributed by atoms with Crippen LogP contribution in [0, 0.1) is 6.92 Å². The van der Waals surface area contributed by atoms with Crippen molar-refractivity contribution >= 4 is 33.7 Å². The first-order chi connectivity index (χ1) is 9.86. The van der Waals surface area contributed by atoms with Crippen LogP contribution in [0.15, 0.2) is 29.4 Å². The fourth-order valence-electron chi connectivity index (χ4n) is 1.42. The summed E-state index contributed by atoms with van der Waals surface area (Å²) in [4.78, 5) is 29.2. The van der Waals surface area contributed by atoms with Crippen molar-refractivity contribution < 1.29 is 14.3 Å². The number of ether oxygens (including phenoxy) is 1. The number of halogens is 1. The van der Waals surface area contributed by atoms with Gasteiger partial charge in [0, 0.05) is 7.05 Å². The normalized spacial score (nSPS) is 11.4. The molecule has 0 unspecified atom stereocenters. The molecule has 0 aliphatic carbocycles. The van der Waals surface area contributed by atoms with Gasteiger partial charge >= 0.3 is 6.09 Å². The molecular weight excluding hydrogens is 338 g/mol. The highest BCUT2D eigenvalue weighted by Gasteiger charge is 2.24. The Morgan fingerprint density at radius 3 is 2.86 bits per heavy atom. The van der Waals surface area contributed by atoms with Crippen molar-refractivity contribution in [2.24, 2.45) is 0 Å². The van der Waals surface area contributed by atoms with E-state index < -0.39 is 12.1 Å². The van der Waals surface area contributed by atoms with E-state index in [1.165, 1.54) is 18.0 Å². The molecule has 21 heavy (non-hydrogen) atoms. The number of aromatic nitrogens is 1. The van der Waals surface area contributed by atoms with E-state index in [0.717, 1.165) is 5.56 Å². The molecule has 1 N–H and O–H groups in total. The molecule has 0 spiro atoms. The van der Waals surface area contributed by atoms with Crippen molar-refractivity contribution in [3.63, 3.8) is 0 Å². The van der Waals surface area contributed by atoms with Gasteiger partial charge < -0.3 is 10.1 Å². The van der Waals surface area contributed by atoms with Crippen molar-refractivity contribution in [2.75, 3.05) is 19.0 Å². The molecule has 114 valence electrons. The van der Waals surface area contributed by atoms with E-state index in [-0.39, 0.29) is 12.5 Å². The number of hydrogen-bond donors (Lipinski definition) is 1. The lowest BCUT2D eigenvalue weighted by Crippen LogP contribution is -2.43. The van der Waals surface area contributed by atoms with Gasteiger partial charge in [-0.15, -0.1) is 0 Å². The number of aryl methyl sites for hydroxylation is 1. The van der Waals surface area contributed by atoms with Gasteiger partial charge in [0.05, 0.1) is 0 Å². The van der Waals surface area contributed by atoms with E-state index in [0.29, 0.717) is 10.4 Å². The van der Waals surface area contributed by atoms with Gasteiger partial charge in [0.15, 0.2) is 0 Å². The highest BCUT2D eigenvalue weighted by Crippen LogP contribution is 2.16. The third-order valence-corrected chi connectivity index (χ3v) is 3.32. The number of nitrogens with one attached hydrogen (secondary N) is 1. The molecule has 1 aromatic heterocycles. The second-order valence-corrected chi connectivity index (χ2v) is 5.25. The maximum atomic E-state index is 12.2. The molecule has 0 saturated carbocycles. The lowest BCUT2D eigenvalue weighted by molar-refractivity contribution is -0.120. The summed E-state index contributed by atoms with van der Waals surface area (Å²) >= 11 is 3.25. The van der Waals surface area contributed by atoms with E-state index in [1.54, 1.807) is 13.0 Å². The molecule has 0 aliphatic rings. The average molecular weight is 356 g/mol. The molecule has 1 heterocycles. The number of carbonyl (C=O) groups is 2. The first kappa shape index (κ1) is 17.2. The fraction of sp³-hybridized carbons (Fsp3) is 0.357. The molecule has 0 saturated heterocycles. The highest BCUT2D eigenvalue weighted by molar-refractivity contribution is 9.10. The summed E-state index contributed by atoms with van der Waals surface area (Å²) in [5.41, 5.74) is 0.829. The SMILES string of the molecule is C=CCOC(=O)N(C)[C@@H](C)C(=O)Nc1nc(Br)ccc1C. The van der Waals surface area contributed by atoms with Crippen molar-refractivity contribution in [1.82, 2.24) is 9.88 Å². The van der Waals surface area contributed by atoms with Crippen LogP contribution >= 0.6 is 15.9 Å². The van der Waals surface area contributed by atoms with Crippen LogP contribution in [0.1, 0.15) is 12.5 Å². The number of rotatable bonds is 5. The number of anilines is 1. The third-order valence-electron chi connectivity index (χ3n) is 2.88. The second kappa shape index (κ2) is 7.78. The minimum absolute atomic E-state index is 0.101. The predicted molar refractivity (Wildman–Crippen MR) is 84.1 cm³/mol. The van der Waals surface area contributed by atoms with Crippen molar-refractivity contribution in [1.29, 1.82) is 0 Å². The molecule has 0 radical (unpaired) electrons. The largest absolute Gasteiger partial charge is 0.445 e. The van der Waals surface area contributed by atoms with Crippen molar-refractivity contribution in [2.45, 2.75) is 19.9 Å². The number of pyridine rings is 1. The van der Waals surface area contributed by atoms with Crippen molar-refractivity contribution in [3.05, 3.63) is 35.0 Å². The van der Waals surface area contributed by atoms with Gasteiger partial charge in [0.2, 0.25) is 5.91 Å². The Balaban J connectivity index is 2.72. The van der Waals surface area contributed by atoms with Gasteiger partial charge in [-0.3, -0.25) is 9.69 Å². The summed E-state index contributed by atoms with van der Waals surface area (Å²) in [6.45, 7) is 7.00. The molecule has 0 aliphatic heterocycles. The zero-order valence-electron chi connectivity index (χ0n) is 12.2. The summed E-state index contributed by atoms with van der Waals surface area (Å²) in [6.07, 6.45) is 0.877. The van der Waals surface area contributed by atoms with Gasteiger partial charge in [-0.1, -0.05) is 18.7 Å². The first-order valence-electron chi connectivity index (χ1n) is 6.31. The summed E-state index contributed by atoms with van der Waals surface area (Å²) in [5, 5.41) is 2.69. The van der Waals surface area contributed by atoms with Crippen LogP contribution in [-0.4, -0.2) is 41.6 Å². The molecule has 7 heteroatoms. The third kappa shape index (κ3) is 4.86. The van der Waals surface area contributed by atoms with Crippen LogP contribution in [0.5, 0.6) is 0 Å². The summed E-state index contributed by atoms with van der Waals surface area (Å²) in [5.74, 6) is 0.107. The van der Waals surface area contributed by atoms with E-state index >= 15 is 0 Å². The number of nitrogens with zero attached hydrogens (tertiary/aromatic N) is 2. The minimum Gasteiger partial charge on any atom is -0.445 e. The van der Waals surface area contributed by atoms with E-state index in [4.69, 9.17) is 4.74 Å². The van der Waals surface area contributed by atoms with Gasteiger partial charge in [-0.05, 0) is 41.4 Å². The Hall–Kier alpha value is -1.89. The van der Waals surface area contributed by atoms with Crippen LogP contribution in [0.4, 0.5) is 10.6 Å². The zero-order chi connectivity index (χ0) is 16.0. The lowest BCUT2D eigenvalue weighted by atomic mass is 10.2. The number of amides is 2. The van der Waals surface area contributed by atoms with Gasteiger partial charge in [0.1, 0.15) is 23.1 Å². The molecular formula is C14H18BrN3O3. The van der Waals surface area contributed by atoms with E-state index in [2.05, 4.69) is 32.8 Å². The smallest absolute Gasteiger partial charge is 0.410 e. The quantitative estimate of drug-likeness (QED) is 0.651. The summed E-state index contributed by atoms with van der Waals surface area (Å²) < 4.78 is 5.50. The molecule has 1 aromatic rings. The van der Waals surface area contributed by atoms with Crippen LogP contribution in [0.25, 0.3) is 0 Å². The Bertz CT molecular complexity index is 548. The van der Waals surface area contributed by atoms with Crippen LogP contribution in [0.2, 0.25) is 0 Å². The molecule has 0 aromatic carbocycles. The number of carbonyl (C=O) groups excluding carboxylic acids is 2. The molecule has 1 atom stereocenters. The van der Waals surface area contributed by atoms with Crippen LogP contribution in [0.3, 0.4) is 0 Å². The van der Waals surface area contributed by atoms with Gasteiger partial charge in [0.25, 0.3) is 0 Å². The average Bonchev–Trinajstić information content (AvgIpc) is 2.46. The summed E-state index contributed by atoms with van der Waals surface area (Å²) in [6, 6.07) is 2.93. The van der Waals surface area contributed by atoms with Crippen molar-refractivity contribution in [3.8, 4) is 0 Å². The Morgan fingerprint density at radius 1 is 1.57 bits per heavy atom. The fourth-order valence-corrected chi connectivity index (χ4v) is 1.73. The minimum atomic E-state index is -0.692. The first-order valence-corrected chi connectivity index (χ1v) is 7.10. The van der Waals surface area contributed by atoms with Gasteiger partial charge in [-0.2, -0.15) is 0 Å². The monoisotopic (exact) mass is 355 g/mol. The zero-order valence-corrected chi connectivity index (χ0v) is 13.8. The molecule has 0 bridgehead atoms. The van der Waals surface area contributed by atoms with Crippen LogP contribution in [-0.2, 0) is 9.53 Å². The summed E-state index contributed by atoms with van der Waals surface area (Å²) in [7, 11) is 1.50. The Morgan fingerprint density at radius 2 is 2.24 bits per heavy atom. The lowest BCUT2D eigenvalue weighted by Gasteiger charge is -2.23. The Kier molecular flexibility index (Phi) is 6.36. The molecule has 0 fully saturated rings. The van der Waals surface area contributed by atoms with E-state index in [9.17, 15) is 9.59 Å².